The van der Waals surface area contributed by atoms with Crippen molar-refractivity contribution in [2.75, 3.05) is 11.5 Å². The van der Waals surface area contributed by atoms with Crippen molar-refractivity contribution < 1.29 is 4.74 Å². The van der Waals surface area contributed by atoms with Gasteiger partial charge < -0.3 is 14.2 Å². The smallest absolute Gasteiger partial charge is 0.163 e. The van der Waals surface area contributed by atoms with E-state index in [9.17, 15) is 0 Å². The molecule has 0 N–H and O–H groups in total. The number of hydrogen-bond acceptors (Lipinski definition) is 5. The first-order chi connectivity index (χ1) is 18.2. The van der Waals surface area contributed by atoms with E-state index in [2.05, 4.69) is 60.3 Å². The van der Waals surface area contributed by atoms with Crippen molar-refractivity contribution in [3.05, 3.63) is 35.7 Å². The molecule has 38 heavy (non-hydrogen) atoms. The Morgan fingerprint density at radius 2 is 1.84 bits per heavy atom. The summed E-state index contributed by atoms with van der Waals surface area (Å²) in [4.78, 5) is 12.8. The summed E-state index contributed by atoms with van der Waals surface area (Å²) in [5.74, 6) is 1.78. The number of benzene rings is 1. The maximum atomic E-state index is 7.00. The summed E-state index contributed by atoms with van der Waals surface area (Å²) in [7, 11) is -1.17. The molecule has 5 heterocycles. The van der Waals surface area contributed by atoms with Crippen LogP contribution in [0.15, 0.2) is 30.7 Å². The zero-order chi connectivity index (χ0) is 26.6. The average Bonchev–Trinajstić information content (AvgIpc) is 3.54. The van der Waals surface area contributed by atoms with Crippen LogP contribution in [0, 0.1) is 5.92 Å². The summed E-state index contributed by atoms with van der Waals surface area (Å²) in [6.45, 7) is 13.6. The Balaban J connectivity index is 1.41. The monoisotopic (exact) mass is 550 g/mol. The first-order valence-electron chi connectivity index (χ1n) is 14.1. The number of fused-ring (bicyclic) bond motifs is 4. The van der Waals surface area contributed by atoms with E-state index in [1.807, 2.05) is 23.1 Å². The van der Waals surface area contributed by atoms with Gasteiger partial charge in [-0.3, -0.25) is 4.68 Å². The topological polar surface area (TPSA) is 61.0 Å². The maximum absolute atomic E-state index is 7.00. The van der Waals surface area contributed by atoms with Crippen LogP contribution in [-0.4, -0.2) is 51.1 Å². The molecule has 0 spiro atoms. The van der Waals surface area contributed by atoms with Crippen molar-refractivity contribution in [3.63, 3.8) is 0 Å². The molecule has 6 rings (SSSR count). The van der Waals surface area contributed by atoms with Gasteiger partial charge in [-0.25, -0.2) is 9.97 Å². The van der Waals surface area contributed by atoms with Gasteiger partial charge in [0.1, 0.15) is 18.1 Å². The molecule has 0 radical (unpaired) electrons. The molecule has 3 aromatic heterocycles. The minimum absolute atomic E-state index is 0.455. The number of aryl methyl sites for hydroxylation is 1. The summed E-state index contributed by atoms with van der Waals surface area (Å²) < 4.78 is 10.2. The molecule has 0 saturated carbocycles. The first-order valence-corrected chi connectivity index (χ1v) is 18.2. The molecule has 1 unspecified atom stereocenters. The van der Waals surface area contributed by atoms with Crippen molar-refractivity contribution >= 4 is 47.6 Å². The van der Waals surface area contributed by atoms with E-state index in [1.165, 1.54) is 25.7 Å². The molecule has 9 heteroatoms. The van der Waals surface area contributed by atoms with Gasteiger partial charge in [0.2, 0.25) is 0 Å². The Bertz CT molecular complexity index is 1460. The molecule has 2 saturated heterocycles. The fourth-order valence-electron chi connectivity index (χ4n) is 6.30. The molecule has 4 aromatic rings. The van der Waals surface area contributed by atoms with Gasteiger partial charge >= 0.3 is 0 Å². The molecule has 0 aliphatic carbocycles. The van der Waals surface area contributed by atoms with E-state index in [-0.39, 0.29) is 0 Å². The SMILES string of the molecule is CCn1cc2c(Cl)c(-c3cn(COCC[Si](C)(C)C)c4nc(N5[C@@H]6CC[C@H]5CC(C)C6)cnc34)ccc2n1. The highest BCUT2D eigenvalue weighted by Crippen LogP contribution is 2.42. The summed E-state index contributed by atoms with van der Waals surface area (Å²) in [6, 6.07) is 6.38. The second-order valence-electron chi connectivity index (χ2n) is 12.5. The normalized spacial score (nSPS) is 21.7. The molecule has 202 valence electrons. The van der Waals surface area contributed by atoms with Crippen LogP contribution in [0.2, 0.25) is 30.7 Å². The number of hydrogen-bond donors (Lipinski definition) is 0. The lowest BCUT2D eigenvalue weighted by Crippen LogP contribution is -2.43. The Hall–Kier alpha value is -2.42. The highest BCUT2D eigenvalue weighted by Gasteiger charge is 2.40. The van der Waals surface area contributed by atoms with Crippen molar-refractivity contribution in [2.24, 2.45) is 5.92 Å². The van der Waals surface area contributed by atoms with Crippen LogP contribution in [0.5, 0.6) is 0 Å². The number of nitrogens with zero attached hydrogens (tertiary/aromatic N) is 6. The van der Waals surface area contributed by atoms with Crippen LogP contribution in [0.25, 0.3) is 33.2 Å². The zero-order valence-corrected chi connectivity index (χ0v) is 25.0. The van der Waals surface area contributed by atoms with E-state index in [0.29, 0.717) is 23.8 Å². The van der Waals surface area contributed by atoms with Crippen LogP contribution in [-0.2, 0) is 18.0 Å². The molecular weight excluding hydrogens is 512 g/mol. The van der Waals surface area contributed by atoms with E-state index in [0.717, 1.165) is 64.1 Å². The van der Waals surface area contributed by atoms with Crippen LogP contribution in [0.3, 0.4) is 0 Å². The molecule has 0 amide bonds. The second-order valence-corrected chi connectivity index (χ2v) is 18.5. The van der Waals surface area contributed by atoms with E-state index in [4.69, 9.17) is 26.3 Å². The minimum Gasteiger partial charge on any atom is -0.361 e. The predicted molar refractivity (Wildman–Crippen MR) is 159 cm³/mol. The number of aromatic nitrogens is 5. The van der Waals surface area contributed by atoms with Gasteiger partial charge in [0, 0.05) is 62.2 Å². The van der Waals surface area contributed by atoms with Crippen LogP contribution >= 0.6 is 11.6 Å². The fraction of sp³-hybridized carbons (Fsp3) is 0.552. The number of rotatable bonds is 8. The fourth-order valence-corrected chi connectivity index (χ4v) is 7.37. The Kier molecular flexibility index (Phi) is 6.77. The molecule has 3 atom stereocenters. The lowest BCUT2D eigenvalue weighted by Gasteiger charge is -2.38. The van der Waals surface area contributed by atoms with Gasteiger partial charge in [-0.1, -0.05) is 44.2 Å². The van der Waals surface area contributed by atoms with Gasteiger partial charge in [0.15, 0.2) is 5.65 Å². The summed E-state index contributed by atoms with van der Waals surface area (Å²) in [5, 5.41) is 6.29. The number of ether oxygens (including phenoxy) is 1. The zero-order valence-electron chi connectivity index (χ0n) is 23.2. The summed E-state index contributed by atoms with van der Waals surface area (Å²) in [6.07, 6.45) is 11.1. The van der Waals surface area contributed by atoms with Gasteiger partial charge in [-0.15, -0.1) is 0 Å². The number of piperidine rings is 1. The summed E-state index contributed by atoms with van der Waals surface area (Å²) >= 11 is 7.00. The third-order valence-corrected chi connectivity index (χ3v) is 10.4. The van der Waals surface area contributed by atoms with Gasteiger partial charge in [0.25, 0.3) is 0 Å². The number of halogens is 1. The highest BCUT2D eigenvalue weighted by molar-refractivity contribution is 6.76. The molecular formula is C29H39ClN6OSi. The second kappa shape index (κ2) is 9.95. The Morgan fingerprint density at radius 3 is 2.55 bits per heavy atom. The third kappa shape index (κ3) is 4.75. The van der Waals surface area contributed by atoms with Crippen LogP contribution in [0.1, 0.15) is 39.5 Å². The van der Waals surface area contributed by atoms with Gasteiger partial charge in [0.05, 0.1) is 16.7 Å². The van der Waals surface area contributed by atoms with Gasteiger partial charge in [-0.05, 0) is 50.6 Å². The van der Waals surface area contributed by atoms with E-state index >= 15 is 0 Å². The Morgan fingerprint density at radius 1 is 1.08 bits per heavy atom. The van der Waals surface area contributed by atoms with Crippen molar-refractivity contribution in [3.8, 4) is 11.1 Å². The minimum atomic E-state index is -1.17. The third-order valence-electron chi connectivity index (χ3n) is 8.30. The van der Waals surface area contributed by atoms with Crippen molar-refractivity contribution in [1.29, 1.82) is 0 Å². The number of anilines is 1. The molecule has 2 aliphatic heterocycles. The van der Waals surface area contributed by atoms with E-state index < -0.39 is 8.07 Å². The molecule has 7 nitrogen and oxygen atoms in total. The van der Waals surface area contributed by atoms with Gasteiger partial charge in [-0.2, -0.15) is 5.10 Å². The standard InChI is InChI=1S/C29H39ClN6OSi/c1-6-35-17-24-25(33-35)10-9-22(27(24)30)23-16-34(18-37-11-12-38(3,4)5)29-28(23)31-15-26(32-29)36-20-7-8-21(36)14-19(2)13-20/h9-10,15-17,19-21H,6-8,11-14,18H2,1-5H3/t19?,20-,21+. The Labute approximate surface area is 231 Å². The maximum Gasteiger partial charge on any atom is 0.163 e. The van der Waals surface area contributed by atoms with E-state index in [1.54, 1.807) is 0 Å². The predicted octanol–water partition coefficient (Wildman–Crippen LogP) is 7.20. The summed E-state index contributed by atoms with van der Waals surface area (Å²) in [5.41, 5.74) is 4.57. The lowest BCUT2D eigenvalue weighted by molar-refractivity contribution is 0.0899. The molecule has 2 aliphatic rings. The molecule has 2 fully saturated rings. The van der Waals surface area contributed by atoms with Crippen molar-refractivity contribution in [1.82, 2.24) is 24.3 Å². The first kappa shape index (κ1) is 25.8. The van der Waals surface area contributed by atoms with Crippen LogP contribution in [0.4, 0.5) is 5.82 Å². The quantitative estimate of drug-likeness (QED) is 0.171. The highest BCUT2D eigenvalue weighted by atomic mass is 35.5. The molecule has 2 bridgehead atoms. The largest absolute Gasteiger partial charge is 0.361 e. The van der Waals surface area contributed by atoms with Crippen molar-refractivity contribution in [2.45, 2.75) is 90.6 Å². The average molecular weight is 551 g/mol. The molecule has 1 aromatic carbocycles. The van der Waals surface area contributed by atoms with Crippen LogP contribution < -0.4 is 4.90 Å². The lowest BCUT2D eigenvalue weighted by atomic mass is 9.92.